The van der Waals surface area contributed by atoms with Gasteiger partial charge in [0.15, 0.2) is 0 Å². The van der Waals surface area contributed by atoms with Gasteiger partial charge in [0.25, 0.3) is 0 Å². The molecular formula is C14H22NO2+. The number of ether oxygens (including phenoxy) is 1. The third-order valence-electron chi connectivity index (χ3n) is 2.89. The van der Waals surface area contributed by atoms with Crippen LogP contribution in [-0.4, -0.2) is 44.2 Å². The zero-order valence-corrected chi connectivity index (χ0v) is 11.1. The molecule has 0 N–H and O–H groups in total. The second kappa shape index (κ2) is 5.82. The number of hydrogen-bond acceptors (Lipinski definition) is 2. The standard InChI is InChI=1S/C14H22NO2/c1-12(16)17-11-14(15(2,3)4)10-13-8-6-5-7-9-13/h5-9,14H,10-11H2,1-4H3/q+1. The van der Waals surface area contributed by atoms with Crippen molar-refractivity contribution in [2.45, 2.75) is 19.4 Å². The van der Waals surface area contributed by atoms with Crippen molar-refractivity contribution in [3.63, 3.8) is 0 Å². The Labute approximate surface area is 104 Å². The van der Waals surface area contributed by atoms with Gasteiger partial charge >= 0.3 is 5.97 Å². The number of hydrogen-bond donors (Lipinski definition) is 0. The smallest absolute Gasteiger partial charge is 0.302 e. The van der Waals surface area contributed by atoms with Crippen LogP contribution in [0, 0.1) is 0 Å². The first-order valence-electron chi connectivity index (χ1n) is 5.88. The van der Waals surface area contributed by atoms with Crippen LogP contribution < -0.4 is 0 Å². The van der Waals surface area contributed by atoms with E-state index in [-0.39, 0.29) is 12.0 Å². The van der Waals surface area contributed by atoms with Crippen LogP contribution in [0.3, 0.4) is 0 Å². The molecule has 0 radical (unpaired) electrons. The van der Waals surface area contributed by atoms with Crippen LogP contribution in [0.4, 0.5) is 0 Å². The summed E-state index contributed by atoms with van der Waals surface area (Å²) >= 11 is 0. The summed E-state index contributed by atoms with van der Waals surface area (Å²) in [5.41, 5.74) is 1.28. The van der Waals surface area contributed by atoms with Gasteiger partial charge in [-0.15, -0.1) is 0 Å². The van der Waals surface area contributed by atoms with E-state index in [0.29, 0.717) is 6.61 Å². The fraction of sp³-hybridized carbons (Fsp3) is 0.500. The normalized spacial score (nSPS) is 13.2. The minimum Gasteiger partial charge on any atom is -0.460 e. The van der Waals surface area contributed by atoms with Crippen molar-refractivity contribution >= 4 is 5.97 Å². The highest BCUT2D eigenvalue weighted by Gasteiger charge is 2.25. The van der Waals surface area contributed by atoms with E-state index in [0.717, 1.165) is 10.9 Å². The van der Waals surface area contributed by atoms with Crippen LogP contribution in [0.15, 0.2) is 30.3 Å². The van der Waals surface area contributed by atoms with E-state index in [1.54, 1.807) is 0 Å². The van der Waals surface area contributed by atoms with Crippen molar-refractivity contribution in [1.29, 1.82) is 0 Å². The van der Waals surface area contributed by atoms with E-state index >= 15 is 0 Å². The Hall–Kier alpha value is -1.35. The molecule has 0 fully saturated rings. The van der Waals surface area contributed by atoms with Crippen LogP contribution in [-0.2, 0) is 16.0 Å². The molecule has 1 atom stereocenters. The molecule has 17 heavy (non-hydrogen) atoms. The van der Waals surface area contributed by atoms with Gasteiger partial charge in [0.1, 0.15) is 12.6 Å². The van der Waals surface area contributed by atoms with E-state index in [1.165, 1.54) is 12.5 Å². The molecule has 3 nitrogen and oxygen atoms in total. The van der Waals surface area contributed by atoms with Gasteiger partial charge in [-0.1, -0.05) is 30.3 Å². The van der Waals surface area contributed by atoms with Crippen molar-refractivity contribution in [3.8, 4) is 0 Å². The molecule has 94 valence electrons. The van der Waals surface area contributed by atoms with Crippen LogP contribution in [0.25, 0.3) is 0 Å². The fourth-order valence-corrected chi connectivity index (χ4v) is 1.66. The lowest BCUT2D eigenvalue weighted by atomic mass is 10.0. The number of carbonyl (C=O) groups excluding carboxylic acids is 1. The predicted octanol–water partition coefficient (Wildman–Crippen LogP) is 1.87. The second-order valence-electron chi connectivity index (χ2n) is 5.26. The number of esters is 1. The summed E-state index contributed by atoms with van der Waals surface area (Å²) in [6.07, 6.45) is 0.914. The first-order chi connectivity index (χ1) is 7.89. The molecule has 0 aromatic heterocycles. The second-order valence-corrected chi connectivity index (χ2v) is 5.26. The highest BCUT2D eigenvalue weighted by Crippen LogP contribution is 2.12. The lowest BCUT2D eigenvalue weighted by Gasteiger charge is -2.33. The summed E-state index contributed by atoms with van der Waals surface area (Å²) in [4.78, 5) is 10.9. The van der Waals surface area contributed by atoms with Gasteiger partial charge in [0, 0.05) is 13.3 Å². The van der Waals surface area contributed by atoms with Gasteiger partial charge in [-0.3, -0.25) is 4.79 Å². The van der Waals surface area contributed by atoms with Gasteiger partial charge in [-0.2, -0.15) is 0 Å². The Morgan fingerprint density at radius 1 is 1.24 bits per heavy atom. The Morgan fingerprint density at radius 3 is 2.29 bits per heavy atom. The maximum absolute atomic E-state index is 10.9. The number of rotatable bonds is 5. The molecule has 0 heterocycles. The summed E-state index contributed by atoms with van der Waals surface area (Å²) in [5, 5.41) is 0. The average Bonchev–Trinajstić information content (AvgIpc) is 2.23. The first-order valence-corrected chi connectivity index (χ1v) is 5.88. The van der Waals surface area contributed by atoms with Crippen molar-refractivity contribution in [1.82, 2.24) is 0 Å². The summed E-state index contributed by atoms with van der Waals surface area (Å²) in [5.74, 6) is -0.212. The van der Waals surface area contributed by atoms with E-state index in [2.05, 4.69) is 33.3 Å². The van der Waals surface area contributed by atoms with Crippen molar-refractivity contribution in [2.75, 3.05) is 27.7 Å². The summed E-state index contributed by atoms with van der Waals surface area (Å²) in [6.45, 7) is 1.92. The molecule has 1 aromatic rings. The molecule has 3 heteroatoms. The number of likely N-dealkylation sites (N-methyl/N-ethyl adjacent to an activating group) is 1. The van der Waals surface area contributed by atoms with Crippen LogP contribution in [0.2, 0.25) is 0 Å². The molecule has 1 rings (SSSR count). The third-order valence-corrected chi connectivity index (χ3v) is 2.89. The zero-order chi connectivity index (χ0) is 12.9. The number of nitrogens with zero attached hydrogens (tertiary/aromatic N) is 1. The Kier molecular flexibility index (Phi) is 4.70. The van der Waals surface area contributed by atoms with Gasteiger partial charge in [0.05, 0.1) is 21.1 Å². The van der Waals surface area contributed by atoms with Gasteiger partial charge in [-0.05, 0) is 5.56 Å². The van der Waals surface area contributed by atoms with Gasteiger partial charge in [-0.25, -0.2) is 0 Å². The van der Waals surface area contributed by atoms with Crippen molar-refractivity contribution < 1.29 is 14.0 Å². The minimum absolute atomic E-state index is 0.212. The molecule has 1 aromatic carbocycles. The summed E-state index contributed by atoms with van der Waals surface area (Å²) in [6, 6.07) is 10.6. The molecule has 0 spiro atoms. The molecular weight excluding hydrogens is 214 g/mol. The molecule has 0 amide bonds. The molecule has 0 aliphatic carbocycles. The number of benzene rings is 1. The monoisotopic (exact) mass is 236 g/mol. The summed E-state index contributed by atoms with van der Waals surface area (Å²) < 4.78 is 5.93. The van der Waals surface area contributed by atoms with Gasteiger partial charge < -0.3 is 9.22 Å². The zero-order valence-electron chi connectivity index (χ0n) is 11.1. The number of carbonyl (C=O) groups is 1. The topological polar surface area (TPSA) is 26.3 Å². The lowest BCUT2D eigenvalue weighted by Crippen LogP contribution is -2.49. The Bertz CT molecular complexity index is 354. The molecule has 0 aliphatic rings. The molecule has 0 bridgehead atoms. The SMILES string of the molecule is CC(=O)OCC(Cc1ccccc1)[N+](C)(C)C. The fourth-order valence-electron chi connectivity index (χ4n) is 1.66. The molecule has 0 saturated heterocycles. The quantitative estimate of drug-likeness (QED) is 0.576. The Balaban J connectivity index is 2.68. The lowest BCUT2D eigenvalue weighted by molar-refractivity contribution is -0.896. The Morgan fingerprint density at radius 2 is 1.82 bits per heavy atom. The van der Waals surface area contributed by atoms with Crippen LogP contribution in [0.5, 0.6) is 0 Å². The first kappa shape index (κ1) is 13.7. The van der Waals surface area contributed by atoms with Crippen LogP contribution >= 0.6 is 0 Å². The number of quaternary nitrogens is 1. The summed E-state index contributed by atoms with van der Waals surface area (Å²) in [7, 11) is 6.37. The van der Waals surface area contributed by atoms with Crippen LogP contribution in [0.1, 0.15) is 12.5 Å². The minimum atomic E-state index is -0.212. The molecule has 0 aliphatic heterocycles. The average molecular weight is 236 g/mol. The van der Waals surface area contributed by atoms with E-state index in [9.17, 15) is 4.79 Å². The highest BCUT2D eigenvalue weighted by atomic mass is 16.5. The largest absolute Gasteiger partial charge is 0.460 e. The molecule has 1 unspecified atom stereocenters. The molecule has 0 saturated carbocycles. The van der Waals surface area contributed by atoms with Crippen molar-refractivity contribution in [3.05, 3.63) is 35.9 Å². The predicted molar refractivity (Wildman–Crippen MR) is 68.6 cm³/mol. The maximum Gasteiger partial charge on any atom is 0.302 e. The van der Waals surface area contributed by atoms with E-state index in [4.69, 9.17) is 4.74 Å². The maximum atomic E-state index is 10.9. The van der Waals surface area contributed by atoms with Crippen molar-refractivity contribution in [2.24, 2.45) is 0 Å². The highest BCUT2D eigenvalue weighted by molar-refractivity contribution is 5.65. The van der Waals surface area contributed by atoms with E-state index < -0.39 is 0 Å². The third kappa shape index (κ3) is 5.00. The van der Waals surface area contributed by atoms with E-state index in [1.807, 2.05) is 18.2 Å². The van der Waals surface area contributed by atoms with Gasteiger partial charge in [0.2, 0.25) is 0 Å².